The molecule has 0 aliphatic carbocycles. The van der Waals surface area contributed by atoms with Crippen LogP contribution in [-0.2, 0) is 6.54 Å². The van der Waals surface area contributed by atoms with Crippen LogP contribution in [0.3, 0.4) is 0 Å². The molecular weight excluding hydrogens is 285 g/mol. The summed E-state index contributed by atoms with van der Waals surface area (Å²) in [6.45, 7) is 1.74. The summed E-state index contributed by atoms with van der Waals surface area (Å²) < 4.78 is 19.1. The Labute approximate surface area is 128 Å². The topological polar surface area (TPSA) is 49.8 Å². The Morgan fingerprint density at radius 3 is 2.59 bits per heavy atom. The van der Waals surface area contributed by atoms with Crippen LogP contribution in [0.2, 0.25) is 0 Å². The van der Waals surface area contributed by atoms with Crippen molar-refractivity contribution in [1.29, 1.82) is 0 Å². The Balaban J connectivity index is 1.82. The van der Waals surface area contributed by atoms with Gasteiger partial charge in [0.2, 0.25) is 0 Å². The summed E-state index contributed by atoms with van der Waals surface area (Å²) in [5.74, 6) is -1.75. The molecule has 0 unspecified atom stereocenters. The van der Waals surface area contributed by atoms with Gasteiger partial charge in [-0.3, -0.25) is 4.90 Å². The zero-order valence-electron chi connectivity index (χ0n) is 12.3. The quantitative estimate of drug-likeness (QED) is 0.854. The lowest BCUT2D eigenvalue weighted by Gasteiger charge is -2.17. The van der Waals surface area contributed by atoms with Crippen molar-refractivity contribution in [3.8, 4) is 5.75 Å². The highest BCUT2D eigenvalue weighted by molar-refractivity contribution is 5.87. The number of carbonyl (C=O) groups is 1. The van der Waals surface area contributed by atoms with Crippen molar-refractivity contribution >= 4 is 5.97 Å². The second kappa shape index (κ2) is 7.56. The van der Waals surface area contributed by atoms with Gasteiger partial charge < -0.3 is 9.84 Å². The number of hydrogen-bond donors (Lipinski definition) is 1. The maximum absolute atomic E-state index is 13.7. The van der Waals surface area contributed by atoms with E-state index in [0.29, 0.717) is 13.2 Å². The first-order valence-corrected chi connectivity index (χ1v) is 6.94. The molecule has 0 saturated heterocycles. The van der Waals surface area contributed by atoms with Crippen molar-refractivity contribution in [2.24, 2.45) is 0 Å². The van der Waals surface area contributed by atoms with Crippen LogP contribution in [0.25, 0.3) is 0 Å². The van der Waals surface area contributed by atoms with Crippen LogP contribution in [0, 0.1) is 5.82 Å². The maximum atomic E-state index is 13.7. The Morgan fingerprint density at radius 1 is 1.23 bits per heavy atom. The van der Waals surface area contributed by atoms with Gasteiger partial charge in [0.05, 0.1) is 5.56 Å². The van der Waals surface area contributed by atoms with Crippen LogP contribution in [0.4, 0.5) is 4.39 Å². The zero-order chi connectivity index (χ0) is 15.9. The van der Waals surface area contributed by atoms with E-state index < -0.39 is 11.8 Å². The molecule has 0 aliphatic rings. The Morgan fingerprint density at radius 2 is 1.95 bits per heavy atom. The smallest absolute Gasteiger partial charge is 0.335 e. The third-order valence-electron chi connectivity index (χ3n) is 3.20. The van der Waals surface area contributed by atoms with E-state index in [2.05, 4.69) is 4.90 Å². The minimum atomic E-state index is -1.16. The van der Waals surface area contributed by atoms with Crippen molar-refractivity contribution in [1.82, 2.24) is 4.90 Å². The molecule has 116 valence electrons. The van der Waals surface area contributed by atoms with Gasteiger partial charge in [0.25, 0.3) is 0 Å². The van der Waals surface area contributed by atoms with Gasteiger partial charge in [-0.2, -0.15) is 0 Å². The number of likely N-dealkylation sites (N-methyl/N-ethyl adjacent to an activating group) is 1. The van der Waals surface area contributed by atoms with Crippen LogP contribution in [0.15, 0.2) is 48.5 Å². The number of ether oxygens (including phenoxy) is 1. The Bertz CT molecular complexity index is 631. The van der Waals surface area contributed by atoms with E-state index >= 15 is 0 Å². The fourth-order valence-electron chi connectivity index (χ4n) is 2.04. The highest BCUT2D eigenvalue weighted by atomic mass is 19.1. The van der Waals surface area contributed by atoms with Gasteiger partial charge in [0.15, 0.2) is 11.6 Å². The average molecular weight is 303 g/mol. The highest BCUT2D eigenvalue weighted by Gasteiger charge is 2.09. The van der Waals surface area contributed by atoms with E-state index in [4.69, 9.17) is 9.84 Å². The summed E-state index contributed by atoms with van der Waals surface area (Å²) in [6.07, 6.45) is 0. The van der Waals surface area contributed by atoms with Gasteiger partial charge in [0.1, 0.15) is 6.61 Å². The number of benzene rings is 2. The van der Waals surface area contributed by atoms with Crippen LogP contribution < -0.4 is 4.74 Å². The van der Waals surface area contributed by atoms with Crippen LogP contribution >= 0.6 is 0 Å². The molecule has 0 aliphatic heterocycles. The van der Waals surface area contributed by atoms with Gasteiger partial charge in [-0.25, -0.2) is 9.18 Å². The van der Waals surface area contributed by atoms with Crippen molar-refractivity contribution in [3.05, 3.63) is 65.5 Å². The molecule has 0 radical (unpaired) electrons. The summed E-state index contributed by atoms with van der Waals surface area (Å²) in [6, 6.07) is 13.7. The van der Waals surface area contributed by atoms with Gasteiger partial charge in [-0.1, -0.05) is 30.3 Å². The first-order chi connectivity index (χ1) is 10.6. The molecule has 0 saturated carbocycles. The summed E-state index contributed by atoms with van der Waals surface area (Å²) >= 11 is 0. The molecule has 22 heavy (non-hydrogen) atoms. The number of nitrogens with zero attached hydrogens (tertiary/aromatic N) is 1. The number of carboxylic acid groups (broad SMARTS) is 1. The van der Waals surface area contributed by atoms with Crippen molar-refractivity contribution in [2.45, 2.75) is 6.54 Å². The Kier molecular flexibility index (Phi) is 5.49. The van der Waals surface area contributed by atoms with E-state index in [1.165, 1.54) is 17.7 Å². The predicted molar refractivity (Wildman–Crippen MR) is 81.6 cm³/mol. The fourth-order valence-corrected chi connectivity index (χ4v) is 2.04. The largest absolute Gasteiger partial charge is 0.489 e. The van der Waals surface area contributed by atoms with Crippen molar-refractivity contribution < 1.29 is 19.0 Å². The van der Waals surface area contributed by atoms with Crippen LogP contribution in [-0.4, -0.2) is 36.2 Å². The average Bonchev–Trinajstić information content (AvgIpc) is 2.49. The summed E-state index contributed by atoms with van der Waals surface area (Å²) in [4.78, 5) is 12.8. The lowest BCUT2D eigenvalue weighted by atomic mass is 10.2. The molecule has 0 atom stereocenters. The molecular formula is C17H18FNO3. The second-order valence-corrected chi connectivity index (χ2v) is 5.02. The van der Waals surface area contributed by atoms with E-state index in [9.17, 15) is 9.18 Å². The molecule has 0 amide bonds. The molecule has 0 bridgehead atoms. The molecule has 1 N–H and O–H groups in total. The maximum Gasteiger partial charge on any atom is 0.335 e. The number of aromatic carboxylic acids is 1. The van der Waals surface area contributed by atoms with Crippen molar-refractivity contribution in [3.63, 3.8) is 0 Å². The minimum Gasteiger partial charge on any atom is -0.489 e. The molecule has 2 aromatic carbocycles. The van der Waals surface area contributed by atoms with E-state index in [-0.39, 0.29) is 11.3 Å². The zero-order valence-corrected chi connectivity index (χ0v) is 12.3. The third-order valence-corrected chi connectivity index (χ3v) is 3.20. The first-order valence-electron chi connectivity index (χ1n) is 6.94. The summed E-state index contributed by atoms with van der Waals surface area (Å²) in [5, 5.41) is 8.78. The molecule has 0 aromatic heterocycles. The molecule has 2 aromatic rings. The van der Waals surface area contributed by atoms with Gasteiger partial charge in [-0.05, 0) is 30.8 Å². The van der Waals surface area contributed by atoms with Gasteiger partial charge in [0, 0.05) is 13.1 Å². The van der Waals surface area contributed by atoms with Crippen LogP contribution in [0.5, 0.6) is 5.75 Å². The standard InChI is InChI=1S/C17H18FNO3/c1-19(12-13-5-3-2-4-6-13)9-10-22-16-8-7-14(17(20)21)11-15(16)18/h2-8,11H,9-10,12H2,1H3,(H,20,21). The number of hydrogen-bond acceptors (Lipinski definition) is 3. The summed E-state index contributed by atoms with van der Waals surface area (Å²) in [5.41, 5.74) is 1.10. The van der Waals surface area contributed by atoms with E-state index in [0.717, 1.165) is 12.6 Å². The lowest BCUT2D eigenvalue weighted by molar-refractivity contribution is 0.0696. The Hall–Kier alpha value is -2.40. The first kappa shape index (κ1) is 16.0. The van der Waals surface area contributed by atoms with E-state index in [1.807, 2.05) is 37.4 Å². The molecule has 4 nitrogen and oxygen atoms in total. The normalized spacial score (nSPS) is 10.7. The molecule has 0 fully saturated rings. The molecule has 0 spiro atoms. The van der Waals surface area contributed by atoms with Crippen molar-refractivity contribution in [2.75, 3.05) is 20.2 Å². The number of halogens is 1. The SMILES string of the molecule is CN(CCOc1ccc(C(=O)O)cc1F)Cc1ccccc1. The lowest BCUT2D eigenvalue weighted by Crippen LogP contribution is -2.24. The van der Waals surface area contributed by atoms with Gasteiger partial charge in [-0.15, -0.1) is 0 Å². The molecule has 2 rings (SSSR count). The predicted octanol–water partition coefficient (Wildman–Crippen LogP) is 3.03. The number of carboxylic acids is 1. The molecule has 5 heteroatoms. The van der Waals surface area contributed by atoms with Crippen LogP contribution in [0.1, 0.15) is 15.9 Å². The summed E-state index contributed by atoms with van der Waals surface area (Å²) in [7, 11) is 1.96. The van der Waals surface area contributed by atoms with E-state index in [1.54, 1.807) is 0 Å². The third kappa shape index (κ3) is 4.56. The fraction of sp³-hybridized carbons (Fsp3) is 0.235. The second-order valence-electron chi connectivity index (χ2n) is 5.02. The highest BCUT2D eigenvalue weighted by Crippen LogP contribution is 2.18. The molecule has 0 heterocycles. The minimum absolute atomic E-state index is 0.0677. The monoisotopic (exact) mass is 303 g/mol. The van der Waals surface area contributed by atoms with Gasteiger partial charge >= 0.3 is 5.97 Å². The number of rotatable bonds is 7.